The number of carbonyl (C=O) groups is 1. The van der Waals surface area contributed by atoms with Crippen molar-refractivity contribution in [3.8, 4) is 6.07 Å². The number of hydrogen-bond acceptors (Lipinski definition) is 5. The van der Waals surface area contributed by atoms with Gasteiger partial charge in [-0.05, 0) is 12.1 Å². The predicted octanol–water partition coefficient (Wildman–Crippen LogP) is 0.875. The molecule has 0 aromatic carbocycles. The van der Waals surface area contributed by atoms with E-state index in [0.717, 1.165) is 0 Å². The van der Waals surface area contributed by atoms with Crippen LogP contribution in [0.15, 0.2) is 18.3 Å². The van der Waals surface area contributed by atoms with Crippen molar-refractivity contribution in [2.24, 2.45) is 5.92 Å². The van der Waals surface area contributed by atoms with Crippen molar-refractivity contribution in [2.45, 2.75) is 6.42 Å². The van der Waals surface area contributed by atoms with E-state index in [-0.39, 0.29) is 36.2 Å². The van der Waals surface area contributed by atoms with Gasteiger partial charge in [-0.2, -0.15) is 5.26 Å². The van der Waals surface area contributed by atoms with Gasteiger partial charge in [0, 0.05) is 41.5 Å². The Kier molecular flexibility index (Phi) is 3.73. The van der Waals surface area contributed by atoms with Gasteiger partial charge < -0.3 is 4.90 Å². The van der Waals surface area contributed by atoms with Gasteiger partial charge in [-0.25, -0.2) is 13.4 Å². The summed E-state index contributed by atoms with van der Waals surface area (Å²) in [5.74, 6) is -0.735. The first kappa shape index (κ1) is 13.8. The zero-order chi connectivity index (χ0) is 14.0. The van der Waals surface area contributed by atoms with Crippen molar-refractivity contribution in [1.29, 1.82) is 5.26 Å². The fraction of sp³-hybridized carbons (Fsp3) is 0.364. The molecule has 1 saturated heterocycles. The van der Waals surface area contributed by atoms with Crippen LogP contribution in [-0.2, 0) is 13.8 Å². The number of halogens is 1. The molecule has 0 N–H and O–H groups in total. The van der Waals surface area contributed by atoms with Gasteiger partial charge >= 0.3 is 0 Å². The lowest BCUT2D eigenvalue weighted by molar-refractivity contribution is -0.117. The van der Waals surface area contributed by atoms with E-state index in [1.54, 1.807) is 6.07 Å². The Balaban J connectivity index is 2.18. The molecule has 1 fully saturated rings. The first-order valence-corrected chi connectivity index (χ1v) is 7.96. The van der Waals surface area contributed by atoms with Crippen LogP contribution in [0.3, 0.4) is 0 Å². The Morgan fingerprint density at radius 1 is 1.58 bits per heavy atom. The molecule has 1 unspecified atom stereocenters. The van der Waals surface area contributed by atoms with Gasteiger partial charge in [0.05, 0.1) is 5.75 Å². The van der Waals surface area contributed by atoms with Gasteiger partial charge in [-0.3, -0.25) is 4.79 Å². The Morgan fingerprint density at radius 3 is 2.95 bits per heavy atom. The Bertz CT molecular complexity index is 653. The Labute approximate surface area is 115 Å². The first-order chi connectivity index (χ1) is 8.89. The van der Waals surface area contributed by atoms with E-state index in [9.17, 15) is 13.2 Å². The minimum absolute atomic E-state index is 0.135. The molecule has 1 aliphatic heterocycles. The van der Waals surface area contributed by atoms with Crippen LogP contribution in [0.4, 0.5) is 5.69 Å². The molecule has 0 bridgehead atoms. The van der Waals surface area contributed by atoms with Gasteiger partial charge in [0.1, 0.15) is 11.8 Å². The summed E-state index contributed by atoms with van der Waals surface area (Å²) in [6.45, 7) is 0.277. The van der Waals surface area contributed by atoms with Gasteiger partial charge in [-0.1, -0.05) is 0 Å². The number of rotatable bonds is 3. The monoisotopic (exact) mass is 299 g/mol. The highest BCUT2D eigenvalue weighted by atomic mass is 35.7. The largest absolute Gasteiger partial charge is 0.312 e. The molecule has 2 heterocycles. The lowest BCUT2D eigenvalue weighted by Crippen LogP contribution is -2.25. The number of nitrogens with zero attached hydrogens (tertiary/aromatic N) is 3. The smallest absolute Gasteiger partial charge is 0.232 e. The summed E-state index contributed by atoms with van der Waals surface area (Å²) in [7, 11) is 1.57. The van der Waals surface area contributed by atoms with Crippen molar-refractivity contribution in [3.63, 3.8) is 0 Å². The third-order valence-corrected chi connectivity index (χ3v) is 4.06. The van der Waals surface area contributed by atoms with Crippen LogP contribution >= 0.6 is 10.7 Å². The van der Waals surface area contributed by atoms with E-state index < -0.39 is 9.05 Å². The summed E-state index contributed by atoms with van der Waals surface area (Å²) < 4.78 is 22.0. The molecular weight excluding hydrogens is 290 g/mol. The number of anilines is 1. The van der Waals surface area contributed by atoms with Crippen molar-refractivity contribution < 1.29 is 13.2 Å². The minimum Gasteiger partial charge on any atom is -0.312 e. The molecule has 1 aliphatic rings. The number of amides is 1. The lowest BCUT2D eigenvalue weighted by atomic mass is 10.1. The van der Waals surface area contributed by atoms with Crippen molar-refractivity contribution >= 4 is 31.3 Å². The second-order valence-electron chi connectivity index (χ2n) is 4.29. The molecule has 100 valence electrons. The second-order valence-corrected chi connectivity index (χ2v) is 7.11. The lowest BCUT2D eigenvalue weighted by Gasteiger charge is -2.16. The van der Waals surface area contributed by atoms with E-state index in [2.05, 4.69) is 4.98 Å². The molecule has 0 spiro atoms. The predicted molar refractivity (Wildman–Crippen MR) is 69.1 cm³/mol. The molecule has 0 radical (unpaired) electrons. The third kappa shape index (κ3) is 3.43. The summed E-state index contributed by atoms with van der Waals surface area (Å²) in [6, 6.07) is 4.99. The summed E-state index contributed by atoms with van der Waals surface area (Å²) in [6.07, 6.45) is 1.57. The van der Waals surface area contributed by atoms with E-state index in [4.69, 9.17) is 15.9 Å². The van der Waals surface area contributed by atoms with E-state index in [1.165, 1.54) is 17.2 Å². The van der Waals surface area contributed by atoms with E-state index in [0.29, 0.717) is 5.69 Å². The SMILES string of the molecule is N#Cc1cc(N2CC(CS(=O)(=O)Cl)CC2=O)ccn1. The maximum atomic E-state index is 11.9. The van der Waals surface area contributed by atoms with Crippen molar-refractivity contribution in [2.75, 3.05) is 17.2 Å². The van der Waals surface area contributed by atoms with Crippen LogP contribution in [0, 0.1) is 17.2 Å². The van der Waals surface area contributed by atoms with Gasteiger partial charge in [0.2, 0.25) is 15.0 Å². The molecule has 19 heavy (non-hydrogen) atoms. The fourth-order valence-corrected chi connectivity index (χ4v) is 3.39. The summed E-state index contributed by atoms with van der Waals surface area (Å²) >= 11 is 0. The van der Waals surface area contributed by atoms with Gasteiger partial charge in [-0.15, -0.1) is 0 Å². The molecule has 1 amide bonds. The Morgan fingerprint density at radius 2 is 2.32 bits per heavy atom. The molecule has 1 aromatic heterocycles. The number of pyridine rings is 1. The maximum absolute atomic E-state index is 11.9. The van der Waals surface area contributed by atoms with Crippen LogP contribution in [0.1, 0.15) is 12.1 Å². The first-order valence-electron chi connectivity index (χ1n) is 5.48. The van der Waals surface area contributed by atoms with Crippen LogP contribution in [0.25, 0.3) is 0 Å². The number of aromatic nitrogens is 1. The topological polar surface area (TPSA) is 91.1 Å². The van der Waals surface area contributed by atoms with Crippen molar-refractivity contribution in [3.05, 3.63) is 24.0 Å². The average Bonchev–Trinajstić information content (AvgIpc) is 2.68. The zero-order valence-electron chi connectivity index (χ0n) is 9.78. The molecular formula is C11H10ClN3O3S. The quantitative estimate of drug-likeness (QED) is 0.773. The number of nitriles is 1. The Hall–Kier alpha value is -1.65. The highest BCUT2D eigenvalue weighted by Crippen LogP contribution is 2.26. The molecule has 6 nitrogen and oxygen atoms in total. The summed E-state index contributed by atoms with van der Waals surface area (Å²) in [4.78, 5) is 17.1. The highest BCUT2D eigenvalue weighted by Gasteiger charge is 2.33. The minimum atomic E-state index is -3.62. The summed E-state index contributed by atoms with van der Waals surface area (Å²) in [5, 5.41) is 8.76. The molecule has 0 saturated carbocycles. The normalized spacial score (nSPS) is 19.5. The molecule has 1 aromatic rings. The second kappa shape index (κ2) is 5.15. The molecule has 8 heteroatoms. The standard InChI is InChI=1S/C11H10ClN3O3S/c12-19(17,18)7-8-3-11(16)15(6-8)10-1-2-14-9(4-10)5-13/h1-2,4,8H,3,6-7H2. The van der Waals surface area contributed by atoms with Crippen LogP contribution in [-0.4, -0.2) is 31.6 Å². The molecule has 0 aliphatic carbocycles. The van der Waals surface area contributed by atoms with Crippen LogP contribution < -0.4 is 4.90 Å². The van der Waals surface area contributed by atoms with E-state index >= 15 is 0 Å². The van der Waals surface area contributed by atoms with Crippen molar-refractivity contribution in [1.82, 2.24) is 4.98 Å². The fourth-order valence-electron chi connectivity index (χ4n) is 2.07. The summed E-state index contributed by atoms with van der Waals surface area (Å²) in [5.41, 5.74) is 0.754. The average molecular weight is 300 g/mol. The zero-order valence-corrected chi connectivity index (χ0v) is 11.4. The molecule has 1 atom stereocenters. The third-order valence-electron chi connectivity index (χ3n) is 2.81. The maximum Gasteiger partial charge on any atom is 0.232 e. The van der Waals surface area contributed by atoms with Gasteiger partial charge in [0.25, 0.3) is 0 Å². The number of hydrogen-bond donors (Lipinski definition) is 0. The number of carbonyl (C=O) groups excluding carboxylic acids is 1. The van der Waals surface area contributed by atoms with Crippen LogP contribution in [0.5, 0.6) is 0 Å². The molecule has 2 rings (SSSR count). The van der Waals surface area contributed by atoms with Gasteiger partial charge in [0.15, 0.2) is 0 Å². The van der Waals surface area contributed by atoms with Crippen LogP contribution in [0.2, 0.25) is 0 Å². The highest BCUT2D eigenvalue weighted by molar-refractivity contribution is 8.13. The van der Waals surface area contributed by atoms with E-state index in [1.807, 2.05) is 6.07 Å².